The van der Waals surface area contributed by atoms with E-state index in [0.717, 1.165) is 94.1 Å². The predicted molar refractivity (Wildman–Crippen MR) is 405 cm³/mol. The highest BCUT2D eigenvalue weighted by atomic mass is 14.7. The summed E-state index contributed by atoms with van der Waals surface area (Å²) < 4.78 is 0. The Labute approximate surface area is 555 Å². The molecule has 0 unspecified atom stereocenters. The molecule has 0 fully saturated rings. The minimum Gasteiger partial charge on any atom is -0.256 e. The summed E-state index contributed by atoms with van der Waals surface area (Å²) in [7, 11) is 0. The standard InChI is InChI=1S/C48H30N2.C44H28N2/c1-3-12-36-27-38(23-17-31(36)9-1)43-30-47(39-24-18-32-10-2-4-13-37(32)28-39)50-48-41-15-7-6-14-40(41)42(29-44(43)48)33-19-21-35(22-20-33)46-26-25-34-11-5-8-16-45(34)49-46;1-3-11-33-25-35(22-16-29(33)9-1)40-28-43(36-23-17-30-10-2-4-12-34(30)26-36)46-44-38-14-6-5-13-37(38)39(27-41(40)44)31-18-20-32(21-19-31)42-15-7-8-24-45-42/h1-30H;1-28H. The Bertz CT molecular complexity index is 6260. The van der Waals surface area contributed by atoms with Gasteiger partial charge in [-0.05, 0) is 171 Å². The van der Waals surface area contributed by atoms with Gasteiger partial charge in [0.2, 0.25) is 0 Å². The fourth-order valence-electron chi connectivity index (χ4n) is 14.2. The second-order valence-corrected chi connectivity index (χ2v) is 24.8. The van der Waals surface area contributed by atoms with Crippen LogP contribution in [-0.2, 0) is 0 Å². The van der Waals surface area contributed by atoms with Crippen molar-refractivity contribution < 1.29 is 0 Å². The van der Waals surface area contributed by atoms with Crippen molar-refractivity contribution in [3.63, 3.8) is 0 Å². The van der Waals surface area contributed by atoms with Crippen LogP contribution in [0.15, 0.2) is 352 Å². The van der Waals surface area contributed by atoms with E-state index in [1.54, 1.807) is 0 Å². The van der Waals surface area contributed by atoms with Crippen molar-refractivity contribution >= 4 is 97.3 Å². The quantitative estimate of drug-likeness (QED) is 0.142. The van der Waals surface area contributed by atoms with Gasteiger partial charge in [-0.15, -0.1) is 0 Å². The Morgan fingerprint density at radius 2 is 0.500 bits per heavy atom. The Morgan fingerprint density at radius 3 is 0.948 bits per heavy atom. The Kier molecular flexibility index (Phi) is 13.8. The highest BCUT2D eigenvalue weighted by Gasteiger charge is 2.20. The summed E-state index contributed by atoms with van der Waals surface area (Å²) >= 11 is 0. The van der Waals surface area contributed by atoms with Crippen LogP contribution in [0.2, 0.25) is 0 Å². The molecule has 0 saturated carbocycles. The average molecular weight is 1220 g/mol. The summed E-state index contributed by atoms with van der Waals surface area (Å²) in [5.74, 6) is 0. The van der Waals surface area contributed by atoms with E-state index in [2.05, 4.69) is 333 Å². The van der Waals surface area contributed by atoms with Crippen LogP contribution in [0.25, 0.3) is 187 Å². The number of fused-ring (bicyclic) bond motifs is 11. The van der Waals surface area contributed by atoms with Crippen molar-refractivity contribution in [2.75, 3.05) is 0 Å². The van der Waals surface area contributed by atoms with Crippen molar-refractivity contribution in [3.8, 4) is 89.5 Å². The molecule has 0 amide bonds. The van der Waals surface area contributed by atoms with Gasteiger partial charge in [-0.2, -0.15) is 0 Å². The van der Waals surface area contributed by atoms with Crippen LogP contribution < -0.4 is 0 Å². The lowest BCUT2D eigenvalue weighted by Gasteiger charge is -2.16. The number of pyridine rings is 4. The maximum Gasteiger partial charge on any atom is 0.0794 e. The van der Waals surface area contributed by atoms with E-state index >= 15 is 0 Å². The third kappa shape index (κ3) is 10.3. The number of hydrogen-bond acceptors (Lipinski definition) is 4. The molecule has 4 heteroatoms. The molecule has 4 aromatic heterocycles. The van der Waals surface area contributed by atoms with Gasteiger partial charge in [0.05, 0.1) is 39.3 Å². The molecule has 0 atom stereocenters. The summed E-state index contributed by atoms with van der Waals surface area (Å²) in [5.41, 5.74) is 20.8. The van der Waals surface area contributed by atoms with E-state index < -0.39 is 0 Å². The number of aromatic nitrogens is 4. The van der Waals surface area contributed by atoms with Crippen LogP contribution in [0.1, 0.15) is 0 Å². The molecule has 0 aliphatic heterocycles. The van der Waals surface area contributed by atoms with Crippen LogP contribution in [-0.4, -0.2) is 19.9 Å². The number of rotatable bonds is 8. The third-order valence-corrected chi connectivity index (χ3v) is 19.1. The van der Waals surface area contributed by atoms with Crippen LogP contribution in [0.3, 0.4) is 0 Å². The smallest absolute Gasteiger partial charge is 0.0794 e. The predicted octanol–water partition coefficient (Wildman–Crippen LogP) is 24.7. The number of hydrogen-bond donors (Lipinski definition) is 0. The van der Waals surface area contributed by atoms with E-state index in [4.69, 9.17) is 15.0 Å². The van der Waals surface area contributed by atoms with Gasteiger partial charge in [0.1, 0.15) is 0 Å². The van der Waals surface area contributed by atoms with E-state index in [1.807, 2.05) is 24.4 Å². The van der Waals surface area contributed by atoms with Gasteiger partial charge in [-0.25, -0.2) is 15.0 Å². The van der Waals surface area contributed by atoms with E-state index in [9.17, 15) is 0 Å². The van der Waals surface area contributed by atoms with Crippen LogP contribution in [0.5, 0.6) is 0 Å². The second kappa shape index (κ2) is 23.7. The van der Waals surface area contributed by atoms with Crippen LogP contribution in [0, 0.1) is 0 Å². The topological polar surface area (TPSA) is 51.6 Å². The summed E-state index contributed by atoms with van der Waals surface area (Å²) in [4.78, 5) is 20.3. The first kappa shape index (κ1) is 56.0. The maximum atomic E-state index is 5.43. The molecule has 15 aromatic carbocycles. The van der Waals surface area contributed by atoms with Gasteiger partial charge in [-0.1, -0.05) is 273 Å². The number of benzene rings is 15. The van der Waals surface area contributed by atoms with E-state index in [1.165, 1.54) is 92.8 Å². The summed E-state index contributed by atoms with van der Waals surface area (Å²) in [6, 6.07) is 124. The third-order valence-electron chi connectivity index (χ3n) is 19.1. The van der Waals surface area contributed by atoms with E-state index in [-0.39, 0.29) is 0 Å². The first-order valence-corrected chi connectivity index (χ1v) is 32.7. The largest absolute Gasteiger partial charge is 0.256 e. The molecule has 0 spiro atoms. The molecular formula is C92H58N4. The van der Waals surface area contributed by atoms with Gasteiger partial charge in [-0.3, -0.25) is 4.98 Å². The average Bonchev–Trinajstić information content (AvgIpc) is 0.748. The fourth-order valence-corrected chi connectivity index (χ4v) is 14.2. The normalized spacial score (nSPS) is 11.5. The van der Waals surface area contributed by atoms with Crippen molar-refractivity contribution in [2.45, 2.75) is 0 Å². The number of nitrogens with zero attached hydrogens (tertiary/aromatic N) is 4. The molecule has 4 heterocycles. The van der Waals surface area contributed by atoms with E-state index in [0.29, 0.717) is 0 Å². The van der Waals surface area contributed by atoms with Gasteiger partial charge < -0.3 is 0 Å². The van der Waals surface area contributed by atoms with Gasteiger partial charge in [0, 0.05) is 55.4 Å². The molecular weight excluding hydrogens is 1160 g/mol. The lowest BCUT2D eigenvalue weighted by Crippen LogP contribution is -1.94. The summed E-state index contributed by atoms with van der Waals surface area (Å²) in [6.45, 7) is 0. The second-order valence-electron chi connectivity index (χ2n) is 24.8. The minimum absolute atomic E-state index is 0.969. The Morgan fingerprint density at radius 1 is 0.167 bits per heavy atom. The molecule has 446 valence electrons. The monoisotopic (exact) mass is 1220 g/mol. The molecule has 0 saturated heterocycles. The molecule has 19 rings (SSSR count). The van der Waals surface area contributed by atoms with Crippen LogP contribution in [0.4, 0.5) is 0 Å². The Hall–Kier alpha value is -12.8. The van der Waals surface area contributed by atoms with Crippen LogP contribution >= 0.6 is 0 Å². The van der Waals surface area contributed by atoms with Crippen molar-refractivity contribution in [1.82, 2.24) is 19.9 Å². The minimum atomic E-state index is 0.969. The maximum absolute atomic E-state index is 5.43. The first-order chi connectivity index (χ1) is 47.5. The Balaban J connectivity index is 0.000000141. The zero-order valence-electron chi connectivity index (χ0n) is 52.3. The summed E-state index contributed by atoms with van der Waals surface area (Å²) in [6.07, 6.45) is 1.84. The fraction of sp³-hybridized carbons (Fsp3) is 0. The van der Waals surface area contributed by atoms with Crippen molar-refractivity contribution in [1.29, 1.82) is 0 Å². The molecule has 4 nitrogen and oxygen atoms in total. The molecule has 19 aromatic rings. The molecule has 0 radical (unpaired) electrons. The SMILES string of the molecule is c1ccc(-c2ccc(-c3cc4c(-c5ccc6ccccc6c5)cc(-c5ccc6ccccc6c5)nc4c4ccccc34)cc2)nc1.c1ccc2cc(-c3cc(-c4ccc5ccccc5c4)c4cc(-c5ccc(-c6ccc7ccccc7n6)cc5)c5ccccc5c4n3)ccc2c1. The molecule has 0 bridgehead atoms. The first-order valence-electron chi connectivity index (χ1n) is 32.7. The highest BCUT2D eigenvalue weighted by Crippen LogP contribution is 2.44. The molecule has 0 aliphatic carbocycles. The van der Waals surface area contributed by atoms with Gasteiger partial charge in [0.25, 0.3) is 0 Å². The summed E-state index contributed by atoms with van der Waals surface area (Å²) in [5, 5.41) is 17.9. The molecule has 96 heavy (non-hydrogen) atoms. The van der Waals surface area contributed by atoms with Crippen molar-refractivity contribution in [3.05, 3.63) is 352 Å². The lowest BCUT2D eigenvalue weighted by atomic mass is 9.90. The highest BCUT2D eigenvalue weighted by molar-refractivity contribution is 6.18. The molecule has 0 N–H and O–H groups in total. The number of para-hydroxylation sites is 1. The van der Waals surface area contributed by atoms with Gasteiger partial charge >= 0.3 is 0 Å². The lowest BCUT2D eigenvalue weighted by molar-refractivity contribution is 1.33. The zero-order chi connectivity index (χ0) is 63.5. The van der Waals surface area contributed by atoms with Crippen molar-refractivity contribution in [2.24, 2.45) is 0 Å². The zero-order valence-corrected chi connectivity index (χ0v) is 52.3. The van der Waals surface area contributed by atoms with Gasteiger partial charge in [0.15, 0.2) is 0 Å². The molecule has 0 aliphatic rings.